The summed E-state index contributed by atoms with van der Waals surface area (Å²) in [6.45, 7) is 5.22. The number of fused-ring (bicyclic) bond motifs is 1. The summed E-state index contributed by atoms with van der Waals surface area (Å²) in [5.41, 5.74) is 2.94. The average Bonchev–Trinajstić information content (AvgIpc) is 2.94. The van der Waals surface area contributed by atoms with Crippen molar-refractivity contribution >= 4 is 28.5 Å². The lowest BCUT2D eigenvalue weighted by atomic mass is 10.1. The second-order valence-electron chi connectivity index (χ2n) is 5.90. The lowest BCUT2D eigenvalue weighted by Gasteiger charge is -2.14. The number of benzene rings is 2. The highest BCUT2D eigenvalue weighted by atomic mass is 16.6. The Balaban J connectivity index is 1.72. The van der Waals surface area contributed by atoms with E-state index < -0.39 is 18.0 Å². The van der Waals surface area contributed by atoms with E-state index in [9.17, 15) is 9.59 Å². The summed E-state index contributed by atoms with van der Waals surface area (Å²) < 4.78 is 10.8. The summed E-state index contributed by atoms with van der Waals surface area (Å²) in [7, 11) is 0. The van der Waals surface area contributed by atoms with E-state index in [1.54, 1.807) is 19.1 Å². The summed E-state index contributed by atoms with van der Waals surface area (Å²) in [5.74, 6) is -0.922. The molecule has 1 aromatic heterocycles. The molecule has 1 N–H and O–H groups in total. The third-order valence-corrected chi connectivity index (χ3v) is 4.09. The Morgan fingerprint density at radius 1 is 1.04 bits per heavy atom. The molecule has 3 aromatic rings. The highest BCUT2D eigenvalue weighted by Gasteiger charge is 2.24. The minimum Gasteiger partial charge on any atom is -0.449 e. The van der Waals surface area contributed by atoms with E-state index in [1.807, 2.05) is 43.3 Å². The Bertz CT molecular complexity index is 942. The third-order valence-electron chi connectivity index (χ3n) is 4.09. The van der Waals surface area contributed by atoms with E-state index in [-0.39, 0.29) is 5.76 Å². The van der Waals surface area contributed by atoms with Crippen molar-refractivity contribution in [2.45, 2.75) is 26.9 Å². The maximum Gasteiger partial charge on any atom is 0.375 e. The predicted octanol–water partition coefficient (Wildman–Crippen LogP) is 4.23. The number of rotatable bonds is 4. The van der Waals surface area contributed by atoms with Gasteiger partial charge >= 0.3 is 5.97 Å². The second kappa shape index (κ2) is 6.81. The van der Waals surface area contributed by atoms with Crippen molar-refractivity contribution in [1.29, 1.82) is 0 Å². The van der Waals surface area contributed by atoms with E-state index >= 15 is 0 Å². The SMILES string of the molecule is Cc1ccccc1NC(=O)[C@H](C)OC(=O)c1oc2ccccc2c1C. The van der Waals surface area contributed by atoms with Crippen molar-refractivity contribution in [3.05, 3.63) is 65.4 Å². The van der Waals surface area contributed by atoms with Crippen LogP contribution >= 0.6 is 0 Å². The van der Waals surface area contributed by atoms with Crippen LogP contribution in [0.25, 0.3) is 11.0 Å². The number of hydrogen-bond acceptors (Lipinski definition) is 4. The maximum atomic E-state index is 12.4. The van der Waals surface area contributed by atoms with Gasteiger partial charge in [-0.15, -0.1) is 0 Å². The molecule has 0 fully saturated rings. The molecule has 25 heavy (non-hydrogen) atoms. The fourth-order valence-electron chi connectivity index (χ4n) is 2.58. The van der Waals surface area contributed by atoms with Gasteiger partial charge in [-0.25, -0.2) is 4.79 Å². The molecule has 5 heteroatoms. The van der Waals surface area contributed by atoms with Gasteiger partial charge in [0.2, 0.25) is 5.76 Å². The van der Waals surface area contributed by atoms with Crippen molar-refractivity contribution in [3.63, 3.8) is 0 Å². The number of hydrogen-bond donors (Lipinski definition) is 1. The third kappa shape index (κ3) is 3.40. The molecule has 0 aliphatic rings. The standard InChI is InChI=1S/C20H19NO4/c1-12-8-4-6-10-16(12)21-19(22)14(3)24-20(23)18-13(2)15-9-5-7-11-17(15)25-18/h4-11,14H,1-3H3,(H,21,22)/t14-/m0/s1. The summed E-state index contributed by atoms with van der Waals surface area (Å²) in [6, 6.07) is 14.8. The van der Waals surface area contributed by atoms with Crippen LogP contribution < -0.4 is 5.32 Å². The van der Waals surface area contributed by atoms with Gasteiger partial charge < -0.3 is 14.5 Å². The van der Waals surface area contributed by atoms with Crippen molar-refractivity contribution < 1.29 is 18.7 Å². The van der Waals surface area contributed by atoms with Gasteiger partial charge in [-0.05, 0) is 38.5 Å². The van der Waals surface area contributed by atoms with Gasteiger partial charge in [0.1, 0.15) is 5.58 Å². The highest BCUT2D eigenvalue weighted by molar-refractivity contribution is 5.99. The van der Waals surface area contributed by atoms with Gasteiger partial charge in [-0.3, -0.25) is 4.79 Å². The molecule has 1 amide bonds. The lowest BCUT2D eigenvalue weighted by molar-refractivity contribution is -0.123. The first-order valence-electron chi connectivity index (χ1n) is 8.03. The van der Waals surface area contributed by atoms with Crippen LogP contribution in [-0.2, 0) is 9.53 Å². The van der Waals surface area contributed by atoms with Crippen LogP contribution in [0, 0.1) is 13.8 Å². The molecule has 3 rings (SSSR count). The number of nitrogens with one attached hydrogen (secondary N) is 1. The zero-order chi connectivity index (χ0) is 18.0. The summed E-state index contributed by atoms with van der Waals surface area (Å²) in [5, 5.41) is 3.61. The molecule has 0 spiro atoms. The molecule has 128 valence electrons. The number of aryl methyl sites for hydroxylation is 2. The molecule has 2 aromatic carbocycles. The van der Waals surface area contributed by atoms with Gasteiger partial charge in [0.05, 0.1) is 0 Å². The Morgan fingerprint density at radius 2 is 1.72 bits per heavy atom. The van der Waals surface area contributed by atoms with Gasteiger partial charge in [0, 0.05) is 16.6 Å². The van der Waals surface area contributed by atoms with Crippen LogP contribution in [0.4, 0.5) is 5.69 Å². The van der Waals surface area contributed by atoms with E-state index in [2.05, 4.69) is 5.32 Å². The molecule has 0 saturated heterocycles. The predicted molar refractivity (Wildman–Crippen MR) is 95.6 cm³/mol. The topological polar surface area (TPSA) is 68.5 Å². The fraction of sp³-hybridized carbons (Fsp3) is 0.200. The maximum absolute atomic E-state index is 12.4. The smallest absolute Gasteiger partial charge is 0.375 e. The minimum atomic E-state index is -0.945. The Labute approximate surface area is 145 Å². The number of carbonyl (C=O) groups excluding carboxylic acids is 2. The van der Waals surface area contributed by atoms with Gasteiger partial charge in [-0.2, -0.15) is 0 Å². The first-order valence-corrected chi connectivity index (χ1v) is 8.03. The van der Waals surface area contributed by atoms with Crippen LogP contribution in [-0.4, -0.2) is 18.0 Å². The Morgan fingerprint density at radius 3 is 2.44 bits per heavy atom. The molecule has 1 atom stereocenters. The van der Waals surface area contributed by atoms with E-state index in [1.165, 1.54) is 6.92 Å². The van der Waals surface area contributed by atoms with E-state index in [4.69, 9.17) is 9.15 Å². The van der Waals surface area contributed by atoms with Crippen LogP contribution in [0.5, 0.6) is 0 Å². The highest BCUT2D eigenvalue weighted by Crippen LogP contribution is 2.25. The van der Waals surface area contributed by atoms with Crippen LogP contribution in [0.1, 0.15) is 28.6 Å². The molecule has 1 heterocycles. The Hall–Kier alpha value is -3.08. The van der Waals surface area contributed by atoms with Crippen LogP contribution in [0.15, 0.2) is 52.9 Å². The molecule has 0 aliphatic heterocycles. The summed E-state index contributed by atoms with van der Waals surface area (Å²) in [6.07, 6.45) is -0.945. The molecule has 0 saturated carbocycles. The second-order valence-corrected chi connectivity index (χ2v) is 5.90. The largest absolute Gasteiger partial charge is 0.449 e. The molecular weight excluding hydrogens is 318 g/mol. The monoisotopic (exact) mass is 337 g/mol. The summed E-state index contributed by atoms with van der Waals surface area (Å²) in [4.78, 5) is 24.6. The zero-order valence-electron chi connectivity index (χ0n) is 14.3. The quantitative estimate of drug-likeness (QED) is 0.723. The molecule has 0 radical (unpaired) electrons. The number of carbonyl (C=O) groups is 2. The first-order chi connectivity index (χ1) is 12.0. The van der Waals surface area contributed by atoms with Crippen molar-refractivity contribution in [3.8, 4) is 0 Å². The molecule has 5 nitrogen and oxygen atoms in total. The normalized spacial score (nSPS) is 12.0. The first kappa shape index (κ1) is 16.8. The lowest BCUT2D eigenvalue weighted by Crippen LogP contribution is -2.30. The van der Waals surface area contributed by atoms with Crippen molar-refractivity contribution in [2.75, 3.05) is 5.32 Å². The Kier molecular flexibility index (Phi) is 4.57. The molecular formula is C20H19NO4. The van der Waals surface area contributed by atoms with Crippen molar-refractivity contribution in [1.82, 2.24) is 0 Å². The minimum absolute atomic E-state index is 0.122. The van der Waals surface area contributed by atoms with E-state index in [0.717, 1.165) is 10.9 Å². The number of furan rings is 1. The number of amides is 1. The molecule has 0 aliphatic carbocycles. The van der Waals surface area contributed by atoms with Crippen molar-refractivity contribution in [2.24, 2.45) is 0 Å². The van der Waals surface area contributed by atoms with Gasteiger partial charge in [0.15, 0.2) is 6.10 Å². The number of anilines is 1. The van der Waals surface area contributed by atoms with Crippen LogP contribution in [0.2, 0.25) is 0 Å². The molecule has 0 bridgehead atoms. The fourth-order valence-corrected chi connectivity index (χ4v) is 2.58. The van der Waals surface area contributed by atoms with Gasteiger partial charge in [-0.1, -0.05) is 36.4 Å². The zero-order valence-corrected chi connectivity index (χ0v) is 14.3. The van der Waals surface area contributed by atoms with Crippen LogP contribution in [0.3, 0.4) is 0 Å². The number of esters is 1. The molecule has 0 unspecified atom stereocenters. The average molecular weight is 337 g/mol. The van der Waals surface area contributed by atoms with Gasteiger partial charge in [0.25, 0.3) is 5.91 Å². The summed E-state index contributed by atoms with van der Waals surface area (Å²) >= 11 is 0. The number of ether oxygens (including phenoxy) is 1. The van der Waals surface area contributed by atoms with E-state index in [0.29, 0.717) is 16.8 Å². The number of para-hydroxylation sites is 2.